The third-order valence-corrected chi connectivity index (χ3v) is 3.30. The number of hydrogen-bond acceptors (Lipinski definition) is 4. The van der Waals surface area contributed by atoms with Crippen LogP contribution >= 0.6 is 0 Å². The lowest BCUT2D eigenvalue weighted by molar-refractivity contribution is -0.386. The van der Waals surface area contributed by atoms with Gasteiger partial charge in [0, 0.05) is 12.6 Å². The molecule has 110 valence electrons. The highest BCUT2D eigenvalue weighted by atomic mass is 16.6. The maximum atomic E-state index is 12.2. The van der Waals surface area contributed by atoms with E-state index in [9.17, 15) is 14.9 Å². The first-order valence-electron chi connectivity index (χ1n) is 6.82. The Labute approximate surface area is 122 Å². The second-order valence-corrected chi connectivity index (χ2v) is 4.84. The third-order valence-electron chi connectivity index (χ3n) is 3.30. The summed E-state index contributed by atoms with van der Waals surface area (Å²) in [5, 5.41) is 15.5. The van der Waals surface area contributed by atoms with Gasteiger partial charge in [-0.25, -0.2) is 0 Å². The molecule has 0 saturated carbocycles. The van der Waals surface area contributed by atoms with Gasteiger partial charge in [0.25, 0.3) is 0 Å². The second-order valence-electron chi connectivity index (χ2n) is 4.84. The predicted molar refractivity (Wildman–Crippen MR) is 78.3 cm³/mol. The molecule has 1 aromatic carbocycles. The van der Waals surface area contributed by atoms with Crippen molar-refractivity contribution in [3.8, 4) is 0 Å². The van der Waals surface area contributed by atoms with Crippen LogP contribution in [0.2, 0.25) is 0 Å². The number of aromatic nitrogens is 2. The summed E-state index contributed by atoms with van der Waals surface area (Å²) < 4.78 is 1.45. The van der Waals surface area contributed by atoms with Crippen LogP contribution in [0.25, 0.3) is 0 Å². The van der Waals surface area contributed by atoms with Crippen LogP contribution in [0.5, 0.6) is 0 Å². The van der Waals surface area contributed by atoms with Gasteiger partial charge in [0.2, 0.25) is 0 Å². The highest BCUT2D eigenvalue weighted by Gasteiger charge is 2.27. The summed E-state index contributed by atoms with van der Waals surface area (Å²) >= 11 is 0. The van der Waals surface area contributed by atoms with Gasteiger partial charge < -0.3 is 0 Å². The minimum Gasteiger partial charge on any atom is -0.294 e. The monoisotopic (exact) mass is 287 g/mol. The predicted octanol–water partition coefficient (Wildman–Crippen LogP) is 2.71. The highest BCUT2D eigenvalue weighted by Crippen LogP contribution is 2.25. The van der Waals surface area contributed by atoms with Gasteiger partial charge in [0.1, 0.15) is 11.4 Å². The molecule has 2 rings (SSSR count). The minimum atomic E-state index is -0.439. The van der Waals surface area contributed by atoms with E-state index in [1.807, 2.05) is 13.0 Å². The lowest BCUT2D eigenvalue weighted by Gasteiger charge is -2.02. The zero-order valence-electron chi connectivity index (χ0n) is 12.1. The standard InChI is InChI=1S/C15H17N3O3/c1-3-7-12-15(18(20)21)13(17(2)16-12)10-14(19)11-8-5-4-6-9-11/h4-6,8-9H,3,7,10H2,1-2H3. The van der Waals surface area contributed by atoms with Crippen molar-refractivity contribution < 1.29 is 9.72 Å². The topological polar surface area (TPSA) is 78.0 Å². The quantitative estimate of drug-likeness (QED) is 0.465. The van der Waals surface area contributed by atoms with Crippen LogP contribution in [0.15, 0.2) is 30.3 Å². The van der Waals surface area contributed by atoms with Crippen molar-refractivity contribution >= 4 is 11.5 Å². The van der Waals surface area contributed by atoms with Crippen LogP contribution in [-0.4, -0.2) is 20.5 Å². The average molecular weight is 287 g/mol. The SMILES string of the molecule is CCCc1nn(C)c(CC(=O)c2ccccc2)c1[N+](=O)[O-]. The largest absolute Gasteiger partial charge is 0.313 e. The molecule has 0 fully saturated rings. The fourth-order valence-corrected chi connectivity index (χ4v) is 2.30. The molecule has 0 amide bonds. The molecule has 0 bridgehead atoms. The van der Waals surface area contributed by atoms with Gasteiger partial charge in [0.15, 0.2) is 5.78 Å². The molecule has 0 spiro atoms. The number of benzene rings is 1. The first-order chi connectivity index (χ1) is 10.0. The fourth-order valence-electron chi connectivity index (χ4n) is 2.30. The van der Waals surface area contributed by atoms with E-state index in [1.54, 1.807) is 31.3 Å². The summed E-state index contributed by atoms with van der Waals surface area (Å²) in [6.07, 6.45) is 1.28. The van der Waals surface area contributed by atoms with Crippen molar-refractivity contribution in [3.05, 3.63) is 57.4 Å². The summed E-state index contributed by atoms with van der Waals surface area (Å²) in [5.74, 6) is -0.148. The Balaban J connectivity index is 2.35. The zero-order valence-corrected chi connectivity index (χ0v) is 12.1. The lowest BCUT2D eigenvalue weighted by Crippen LogP contribution is -2.09. The second kappa shape index (κ2) is 6.30. The summed E-state index contributed by atoms with van der Waals surface area (Å²) in [5.41, 5.74) is 1.33. The van der Waals surface area contributed by atoms with Crippen LogP contribution in [0.1, 0.15) is 35.1 Å². The normalized spacial score (nSPS) is 10.6. The maximum absolute atomic E-state index is 12.2. The van der Waals surface area contributed by atoms with Crippen molar-refractivity contribution in [3.63, 3.8) is 0 Å². The summed E-state index contributed by atoms with van der Waals surface area (Å²) in [7, 11) is 1.64. The Hall–Kier alpha value is -2.50. The van der Waals surface area contributed by atoms with E-state index in [4.69, 9.17) is 0 Å². The molecule has 6 heteroatoms. The minimum absolute atomic E-state index is 0.0203. The van der Waals surface area contributed by atoms with Gasteiger partial charge in [-0.05, 0) is 6.42 Å². The lowest BCUT2D eigenvalue weighted by atomic mass is 10.1. The molecular weight excluding hydrogens is 270 g/mol. The number of hydrogen-bond donors (Lipinski definition) is 0. The molecule has 0 aliphatic heterocycles. The van der Waals surface area contributed by atoms with E-state index in [1.165, 1.54) is 4.68 Å². The Kier molecular flexibility index (Phi) is 4.47. The van der Waals surface area contributed by atoms with E-state index in [-0.39, 0.29) is 17.9 Å². The van der Waals surface area contributed by atoms with E-state index in [0.717, 1.165) is 6.42 Å². The van der Waals surface area contributed by atoms with Gasteiger partial charge in [-0.1, -0.05) is 43.7 Å². The highest BCUT2D eigenvalue weighted by molar-refractivity contribution is 5.97. The van der Waals surface area contributed by atoms with Crippen molar-refractivity contribution in [2.75, 3.05) is 0 Å². The van der Waals surface area contributed by atoms with Crippen molar-refractivity contribution in [1.29, 1.82) is 0 Å². The first kappa shape index (κ1) is 14.9. The number of rotatable bonds is 6. The summed E-state index contributed by atoms with van der Waals surface area (Å²) in [4.78, 5) is 23.1. The molecule has 21 heavy (non-hydrogen) atoms. The zero-order chi connectivity index (χ0) is 15.4. The molecule has 0 unspecified atom stereocenters. The van der Waals surface area contributed by atoms with Gasteiger partial charge in [-0.2, -0.15) is 5.10 Å². The van der Waals surface area contributed by atoms with Crippen molar-refractivity contribution in [2.24, 2.45) is 7.05 Å². The number of carbonyl (C=O) groups is 1. The van der Waals surface area contributed by atoms with Crippen LogP contribution in [-0.2, 0) is 19.9 Å². The first-order valence-corrected chi connectivity index (χ1v) is 6.82. The number of nitrogens with zero attached hydrogens (tertiary/aromatic N) is 3. The molecule has 1 heterocycles. The van der Waals surface area contributed by atoms with Gasteiger partial charge in [-0.15, -0.1) is 0 Å². The molecule has 0 saturated heterocycles. The van der Waals surface area contributed by atoms with Crippen LogP contribution in [0.3, 0.4) is 0 Å². The summed E-state index contributed by atoms with van der Waals surface area (Å²) in [6, 6.07) is 8.78. The fraction of sp³-hybridized carbons (Fsp3) is 0.333. The van der Waals surface area contributed by atoms with E-state index in [2.05, 4.69) is 5.10 Å². The number of nitro groups is 1. The molecule has 6 nitrogen and oxygen atoms in total. The van der Waals surface area contributed by atoms with Crippen LogP contribution in [0.4, 0.5) is 5.69 Å². The number of Topliss-reactive ketones (excluding diaryl/α,β-unsaturated/α-hetero) is 1. The third kappa shape index (κ3) is 3.16. The van der Waals surface area contributed by atoms with Crippen molar-refractivity contribution in [2.45, 2.75) is 26.2 Å². The maximum Gasteiger partial charge on any atom is 0.313 e. The molecule has 1 aromatic heterocycles. The Morgan fingerprint density at radius 1 is 1.33 bits per heavy atom. The Bertz CT molecular complexity index is 662. The molecule has 0 N–H and O–H groups in total. The van der Waals surface area contributed by atoms with Gasteiger partial charge in [-0.3, -0.25) is 19.6 Å². The number of carbonyl (C=O) groups excluding carboxylic acids is 1. The molecule has 0 radical (unpaired) electrons. The molecule has 2 aromatic rings. The van der Waals surface area contributed by atoms with E-state index >= 15 is 0 Å². The molecule has 0 aliphatic rings. The molecule has 0 aliphatic carbocycles. The number of ketones is 1. The van der Waals surface area contributed by atoms with Crippen LogP contribution in [0, 0.1) is 10.1 Å². The molecular formula is C15H17N3O3. The average Bonchev–Trinajstić information content (AvgIpc) is 2.76. The van der Waals surface area contributed by atoms with Gasteiger partial charge in [0.05, 0.1) is 11.3 Å². The Morgan fingerprint density at radius 2 is 2.00 bits per heavy atom. The van der Waals surface area contributed by atoms with Crippen LogP contribution < -0.4 is 0 Å². The molecule has 0 atom stereocenters. The van der Waals surface area contributed by atoms with Crippen molar-refractivity contribution in [1.82, 2.24) is 9.78 Å². The summed E-state index contributed by atoms with van der Waals surface area (Å²) in [6.45, 7) is 1.94. The smallest absolute Gasteiger partial charge is 0.294 e. The Morgan fingerprint density at radius 3 is 2.57 bits per heavy atom. The van der Waals surface area contributed by atoms with E-state index in [0.29, 0.717) is 23.4 Å². The van der Waals surface area contributed by atoms with Gasteiger partial charge >= 0.3 is 5.69 Å². The van der Waals surface area contributed by atoms with E-state index < -0.39 is 4.92 Å². The number of aryl methyl sites for hydroxylation is 2.